The molecule has 4 nitrogen and oxygen atoms in total. The van der Waals surface area contributed by atoms with Gasteiger partial charge in [0.2, 0.25) is 0 Å². The summed E-state index contributed by atoms with van der Waals surface area (Å²) in [6.07, 6.45) is 0.612. The fourth-order valence-electron chi connectivity index (χ4n) is 1.43. The van der Waals surface area contributed by atoms with Gasteiger partial charge in [-0.1, -0.05) is 18.2 Å². The Kier molecular flexibility index (Phi) is 7.38. The summed E-state index contributed by atoms with van der Waals surface area (Å²) < 4.78 is 15.8. The molecule has 96 valence electrons. The lowest BCUT2D eigenvalue weighted by atomic mass is 10.1. The highest BCUT2D eigenvalue weighted by Crippen LogP contribution is 2.17. The van der Waals surface area contributed by atoms with Crippen molar-refractivity contribution in [1.29, 1.82) is 0 Å². The summed E-state index contributed by atoms with van der Waals surface area (Å²) in [7, 11) is 1.64. The Morgan fingerprint density at radius 1 is 1.06 bits per heavy atom. The second-order valence-corrected chi connectivity index (χ2v) is 3.53. The van der Waals surface area contributed by atoms with Gasteiger partial charge in [-0.2, -0.15) is 0 Å². The van der Waals surface area contributed by atoms with Gasteiger partial charge in [0.05, 0.1) is 19.8 Å². The first-order valence-electron chi connectivity index (χ1n) is 5.76. The molecule has 0 aliphatic heterocycles. The molecule has 0 saturated heterocycles. The van der Waals surface area contributed by atoms with E-state index in [1.54, 1.807) is 7.11 Å². The molecule has 0 aliphatic carbocycles. The van der Waals surface area contributed by atoms with Crippen LogP contribution in [0.5, 0.6) is 5.75 Å². The van der Waals surface area contributed by atoms with Gasteiger partial charge in [-0.3, -0.25) is 0 Å². The van der Waals surface area contributed by atoms with Crippen LogP contribution in [0.1, 0.15) is 5.56 Å². The van der Waals surface area contributed by atoms with E-state index in [2.05, 4.69) is 0 Å². The maximum absolute atomic E-state index is 8.92. The van der Waals surface area contributed by atoms with E-state index in [4.69, 9.17) is 19.3 Å². The van der Waals surface area contributed by atoms with Crippen LogP contribution in [0.4, 0.5) is 0 Å². The Morgan fingerprint density at radius 2 is 1.82 bits per heavy atom. The highest BCUT2D eigenvalue weighted by molar-refractivity contribution is 5.33. The standard InChI is InChI=1S/C13H20O4/c1-15-8-9-16-10-11-17-13-5-3-2-4-12(13)6-7-14/h2-5,14H,6-11H2,1H3. The second-order valence-electron chi connectivity index (χ2n) is 3.53. The first-order valence-corrected chi connectivity index (χ1v) is 5.76. The van der Waals surface area contributed by atoms with Crippen molar-refractivity contribution in [3.05, 3.63) is 29.8 Å². The monoisotopic (exact) mass is 240 g/mol. The summed E-state index contributed by atoms with van der Waals surface area (Å²) in [5, 5.41) is 8.92. The molecule has 0 heterocycles. The Labute approximate surface area is 102 Å². The molecule has 1 N–H and O–H groups in total. The predicted molar refractivity (Wildman–Crippen MR) is 65.4 cm³/mol. The first kappa shape index (κ1) is 14.0. The van der Waals surface area contributed by atoms with E-state index < -0.39 is 0 Å². The van der Waals surface area contributed by atoms with Crippen molar-refractivity contribution in [2.45, 2.75) is 6.42 Å². The first-order chi connectivity index (χ1) is 8.38. The minimum atomic E-state index is 0.130. The molecule has 1 rings (SSSR count). The van der Waals surface area contributed by atoms with Crippen LogP contribution in [0.15, 0.2) is 24.3 Å². The molecule has 0 aliphatic rings. The second kappa shape index (κ2) is 8.98. The average molecular weight is 240 g/mol. The van der Waals surface area contributed by atoms with Crippen molar-refractivity contribution in [1.82, 2.24) is 0 Å². The third-order valence-corrected chi connectivity index (χ3v) is 2.27. The van der Waals surface area contributed by atoms with Gasteiger partial charge >= 0.3 is 0 Å². The molecule has 1 aromatic carbocycles. The number of aliphatic hydroxyl groups excluding tert-OH is 1. The molecule has 0 spiro atoms. The summed E-state index contributed by atoms with van der Waals surface area (Å²) in [5.74, 6) is 0.817. The number of methoxy groups -OCH3 is 1. The topological polar surface area (TPSA) is 47.9 Å². The van der Waals surface area contributed by atoms with E-state index in [1.807, 2.05) is 24.3 Å². The quantitative estimate of drug-likeness (QED) is 0.660. The summed E-state index contributed by atoms with van der Waals surface area (Å²) in [5.41, 5.74) is 1.02. The molecule has 17 heavy (non-hydrogen) atoms. The van der Waals surface area contributed by atoms with E-state index in [1.165, 1.54) is 0 Å². The maximum Gasteiger partial charge on any atom is 0.122 e. The van der Waals surface area contributed by atoms with E-state index in [9.17, 15) is 0 Å². The van der Waals surface area contributed by atoms with Crippen molar-refractivity contribution < 1.29 is 19.3 Å². The Morgan fingerprint density at radius 3 is 2.59 bits per heavy atom. The Balaban J connectivity index is 2.25. The fraction of sp³-hybridized carbons (Fsp3) is 0.538. The van der Waals surface area contributed by atoms with Crippen molar-refractivity contribution in [2.24, 2.45) is 0 Å². The molecule has 0 fully saturated rings. The molecule has 0 unspecified atom stereocenters. The van der Waals surface area contributed by atoms with Crippen molar-refractivity contribution >= 4 is 0 Å². The SMILES string of the molecule is COCCOCCOc1ccccc1CCO. The van der Waals surface area contributed by atoms with Crippen molar-refractivity contribution in [2.75, 3.05) is 40.1 Å². The molecule has 0 amide bonds. The maximum atomic E-state index is 8.92. The van der Waals surface area contributed by atoms with Gasteiger partial charge in [0.15, 0.2) is 0 Å². The Hall–Kier alpha value is -1.10. The molecule has 4 heteroatoms. The lowest BCUT2D eigenvalue weighted by molar-refractivity contribution is 0.0542. The van der Waals surface area contributed by atoms with Gasteiger partial charge in [-0.05, 0) is 18.1 Å². The predicted octanol–water partition coefficient (Wildman–Crippen LogP) is 1.26. The van der Waals surface area contributed by atoms with Crippen LogP contribution in [-0.2, 0) is 15.9 Å². The molecule has 1 aromatic rings. The summed E-state index contributed by atoms with van der Waals surface area (Å²) in [6, 6.07) is 7.71. The zero-order valence-electron chi connectivity index (χ0n) is 10.2. The lowest BCUT2D eigenvalue weighted by Gasteiger charge is -2.10. The van der Waals surface area contributed by atoms with Crippen molar-refractivity contribution in [3.8, 4) is 5.75 Å². The molecule has 0 bridgehead atoms. The third kappa shape index (κ3) is 5.68. The normalized spacial score (nSPS) is 10.5. The van der Waals surface area contributed by atoms with Gasteiger partial charge in [-0.25, -0.2) is 0 Å². The summed E-state index contributed by atoms with van der Waals surface area (Å²) in [4.78, 5) is 0. The van der Waals surface area contributed by atoms with E-state index in [0.29, 0.717) is 32.8 Å². The van der Waals surface area contributed by atoms with E-state index in [0.717, 1.165) is 11.3 Å². The lowest BCUT2D eigenvalue weighted by Crippen LogP contribution is -2.10. The van der Waals surface area contributed by atoms with Crippen LogP contribution < -0.4 is 4.74 Å². The minimum absolute atomic E-state index is 0.130. The highest BCUT2D eigenvalue weighted by Gasteiger charge is 2.01. The van der Waals surface area contributed by atoms with E-state index >= 15 is 0 Å². The van der Waals surface area contributed by atoms with Crippen LogP contribution in [0.25, 0.3) is 0 Å². The molecule has 0 atom stereocenters. The van der Waals surface area contributed by atoms with Gasteiger partial charge in [0.25, 0.3) is 0 Å². The highest BCUT2D eigenvalue weighted by atomic mass is 16.5. The average Bonchev–Trinajstić information content (AvgIpc) is 2.36. The minimum Gasteiger partial charge on any atom is -0.491 e. The van der Waals surface area contributed by atoms with Crippen LogP contribution >= 0.6 is 0 Å². The largest absolute Gasteiger partial charge is 0.491 e. The summed E-state index contributed by atoms with van der Waals surface area (Å²) >= 11 is 0. The fourth-order valence-corrected chi connectivity index (χ4v) is 1.43. The third-order valence-electron chi connectivity index (χ3n) is 2.27. The number of benzene rings is 1. The molecule has 0 aromatic heterocycles. The van der Waals surface area contributed by atoms with Gasteiger partial charge in [0.1, 0.15) is 12.4 Å². The molecular weight excluding hydrogens is 220 g/mol. The number of hydrogen-bond acceptors (Lipinski definition) is 4. The van der Waals surface area contributed by atoms with Crippen LogP contribution in [-0.4, -0.2) is 45.3 Å². The summed E-state index contributed by atoms with van der Waals surface area (Å²) in [6.45, 7) is 2.35. The van der Waals surface area contributed by atoms with Crippen LogP contribution in [0.2, 0.25) is 0 Å². The van der Waals surface area contributed by atoms with Gasteiger partial charge in [0, 0.05) is 13.7 Å². The number of para-hydroxylation sites is 1. The molecule has 0 radical (unpaired) electrons. The zero-order chi connectivity index (χ0) is 12.3. The number of rotatable bonds is 9. The zero-order valence-corrected chi connectivity index (χ0v) is 10.2. The number of ether oxygens (including phenoxy) is 3. The van der Waals surface area contributed by atoms with E-state index in [-0.39, 0.29) is 6.61 Å². The van der Waals surface area contributed by atoms with Crippen LogP contribution in [0.3, 0.4) is 0 Å². The molecular formula is C13H20O4. The van der Waals surface area contributed by atoms with Gasteiger partial charge < -0.3 is 19.3 Å². The van der Waals surface area contributed by atoms with Crippen LogP contribution in [0, 0.1) is 0 Å². The molecule has 0 saturated carbocycles. The Bertz CT molecular complexity index is 301. The number of aliphatic hydroxyl groups is 1. The smallest absolute Gasteiger partial charge is 0.122 e. The van der Waals surface area contributed by atoms with Crippen molar-refractivity contribution in [3.63, 3.8) is 0 Å². The van der Waals surface area contributed by atoms with Gasteiger partial charge in [-0.15, -0.1) is 0 Å². The number of hydrogen-bond donors (Lipinski definition) is 1.